The second kappa shape index (κ2) is 6.16. The molecule has 0 aliphatic heterocycles. The largest absolute Gasteiger partial charge is 0.497 e. The average Bonchev–Trinajstić information content (AvgIpc) is 2.61. The van der Waals surface area contributed by atoms with Crippen LogP contribution in [-0.2, 0) is 0 Å². The fourth-order valence-electron chi connectivity index (χ4n) is 2.49. The lowest BCUT2D eigenvalue weighted by molar-refractivity contribution is 0.0970. The normalized spacial score (nSPS) is 10.1. The Labute approximate surface area is 133 Å². The Kier molecular flexibility index (Phi) is 3.89. The third-order valence-electron chi connectivity index (χ3n) is 3.56. The highest BCUT2D eigenvalue weighted by molar-refractivity contribution is 6.09. The average molecular weight is 303 g/mol. The van der Waals surface area contributed by atoms with Gasteiger partial charge in [-0.05, 0) is 29.1 Å². The number of nitrogens with one attached hydrogen (secondary N) is 1. The van der Waals surface area contributed by atoms with Crippen LogP contribution in [0.1, 0.15) is 10.5 Å². The van der Waals surface area contributed by atoms with Crippen LogP contribution < -0.4 is 10.1 Å². The van der Waals surface area contributed by atoms with Crippen LogP contribution >= 0.6 is 0 Å². The molecule has 0 atom stereocenters. The summed E-state index contributed by atoms with van der Waals surface area (Å²) in [5.41, 5.74) is 2.10. The smallest absolute Gasteiger partial charge is 0.283 e. The van der Waals surface area contributed by atoms with Crippen LogP contribution in [0.4, 0.5) is 0 Å². The van der Waals surface area contributed by atoms with Crippen molar-refractivity contribution >= 4 is 16.7 Å². The summed E-state index contributed by atoms with van der Waals surface area (Å²) in [6.45, 7) is 0. The maximum absolute atomic E-state index is 12.0. The number of ether oxygens (including phenoxy) is 1. The van der Waals surface area contributed by atoms with E-state index in [0.29, 0.717) is 11.1 Å². The van der Waals surface area contributed by atoms with Gasteiger partial charge in [0.05, 0.1) is 7.11 Å². The van der Waals surface area contributed by atoms with Gasteiger partial charge < -0.3 is 4.74 Å². The number of aromatic nitrogens is 1. The number of amides is 1. The van der Waals surface area contributed by atoms with Crippen LogP contribution in [0.15, 0.2) is 54.7 Å². The van der Waals surface area contributed by atoms with E-state index in [1.165, 1.54) is 0 Å². The molecule has 23 heavy (non-hydrogen) atoms. The number of nitriles is 1. The van der Waals surface area contributed by atoms with Gasteiger partial charge in [-0.1, -0.05) is 30.3 Å². The van der Waals surface area contributed by atoms with Crippen LogP contribution in [0.25, 0.3) is 21.9 Å². The SMILES string of the molecule is COc1ccc2c(C(=O)NC#N)ncc(-c3ccccc3)c2c1. The first-order valence-electron chi connectivity index (χ1n) is 6.96. The Morgan fingerprint density at radius 2 is 1.96 bits per heavy atom. The molecule has 0 saturated heterocycles. The lowest BCUT2D eigenvalue weighted by Crippen LogP contribution is -2.19. The van der Waals surface area contributed by atoms with Gasteiger partial charge in [-0.2, -0.15) is 5.26 Å². The van der Waals surface area contributed by atoms with Gasteiger partial charge in [0.1, 0.15) is 11.4 Å². The second-order valence-electron chi connectivity index (χ2n) is 4.86. The Bertz CT molecular complexity index is 915. The summed E-state index contributed by atoms with van der Waals surface area (Å²) in [6, 6.07) is 15.2. The summed E-state index contributed by atoms with van der Waals surface area (Å²) < 4.78 is 5.29. The number of hydrogen-bond donors (Lipinski definition) is 1. The van der Waals surface area contributed by atoms with Gasteiger partial charge in [0.2, 0.25) is 0 Å². The highest BCUT2D eigenvalue weighted by atomic mass is 16.5. The topological polar surface area (TPSA) is 75.0 Å². The first-order chi connectivity index (χ1) is 11.2. The van der Waals surface area contributed by atoms with E-state index in [1.54, 1.807) is 31.6 Å². The minimum atomic E-state index is -0.526. The van der Waals surface area contributed by atoms with Gasteiger partial charge in [0.25, 0.3) is 5.91 Å². The van der Waals surface area contributed by atoms with E-state index in [9.17, 15) is 4.79 Å². The van der Waals surface area contributed by atoms with Gasteiger partial charge in [0.15, 0.2) is 6.19 Å². The maximum atomic E-state index is 12.0. The van der Waals surface area contributed by atoms with E-state index < -0.39 is 5.91 Å². The van der Waals surface area contributed by atoms with Gasteiger partial charge in [-0.15, -0.1) is 0 Å². The minimum Gasteiger partial charge on any atom is -0.497 e. The second-order valence-corrected chi connectivity index (χ2v) is 4.86. The molecule has 0 bridgehead atoms. The fraction of sp³-hybridized carbons (Fsp3) is 0.0556. The molecule has 1 aromatic heterocycles. The molecule has 0 radical (unpaired) electrons. The molecule has 0 fully saturated rings. The van der Waals surface area contributed by atoms with Gasteiger partial charge in [-0.3, -0.25) is 10.1 Å². The number of pyridine rings is 1. The van der Waals surface area contributed by atoms with Crippen molar-refractivity contribution in [1.82, 2.24) is 10.3 Å². The summed E-state index contributed by atoms with van der Waals surface area (Å²) in [5, 5.41) is 12.3. The first kappa shape index (κ1) is 14.5. The summed E-state index contributed by atoms with van der Waals surface area (Å²) in [4.78, 5) is 16.3. The van der Waals surface area contributed by atoms with Crippen molar-refractivity contribution in [3.63, 3.8) is 0 Å². The van der Waals surface area contributed by atoms with E-state index in [-0.39, 0.29) is 5.69 Å². The number of hydrogen-bond acceptors (Lipinski definition) is 4. The molecule has 0 spiro atoms. The lowest BCUT2D eigenvalue weighted by Gasteiger charge is -2.11. The van der Waals surface area contributed by atoms with Crippen molar-refractivity contribution in [3.8, 4) is 23.1 Å². The zero-order chi connectivity index (χ0) is 16.2. The Morgan fingerprint density at radius 1 is 1.17 bits per heavy atom. The molecule has 1 heterocycles. The molecule has 3 rings (SSSR count). The van der Waals surface area contributed by atoms with Gasteiger partial charge in [-0.25, -0.2) is 4.98 Å². The van der Waals surface area contributed by atoms with Crippen molar-refractivity contribution in [3.05, 3.63) is 60.4 Å². The molecule has 0 aliphatic rings. The quantitative estimate of drug-likeness (QED) is 0.596. The number of benzene rings is 2. The van der Waals surface area contributed by atoms with Gasteiger partial charge in [0, 0.05) is 17.1 Å². The third kappa shape index (κ3) is 2.70. The molecule has 2 aromatic carbocycles. The standard InChI is InChI=1S/C18H13N3O2/c1-23-13-7-8-14-15(9-13)16(12-5-3-2-4-6-12)10-20-17(14)18(22)21-11-19/h2-10H,1H3,(H,21,22). The van der Waals surface area contributed by atoms with Crippen molar-refractivity contribution in [1.29, 1.82) is 5.26 Å². The molecule has 1 N–H and O–H groups in total. The summed E-state index contributed by atoms with van der Waals surface area (Å²) in [6.07, 6.45) is 3.28. The van der Waals surface area contributed by atoms with Crippen molar-refractivity contribution in [2.24, 2.45) is 0 Å². The minimum absolute atomic E-state index is 0.212. The summed E-state index contributed by atoms with van der Waals surface area (Å²) >= 11 is 0. The molecule has 3 aromatic rings. The zero-order valence-corrected chi connectivity index (χ0v) is 12.4. The summed E-state index contributed by atoms with van der Waals surface area (Å²) in [7, 11) is 1.59. The number of fused-ring (bicyclic) bond motifs is 1. The molecule has 5 nitrogen and oxygen atoms in total. The molecule has 112 valence electrons. The molecule has 1 amide bonds. The Hall–Kier alpha value is -3.39. The van der Waals surface area contributed by atoms with Crippen molar-refractivity contribution in [2.75, 3.05) is 7.11 Å². The first-order valence-corrected chi connectivity index (χ1v) is 6.96. The molecule has 0 aliphatic carbocycles. The van der Waals surface area contributed by atoms with Crippen LogP contribution in [0.5, 0.6) is 5.75 Å². The van der Waals surface area contributed by atoms with E-state index >= 15 is 0 Å². The summed E-state index contributed by atoms with van der Waals surface area (Å²) in [5.74, 6) is 0.162. The van der Waals surface area contributed by atoms with Crippen LogP contribution in [0.2, 0.25) is 0 Å². The van der Waals surface area contributed by atoms with E-state index in [1.807, 2.05) is 36.4 Å². The molecular formula is C18H13N3O2. The number of rotatable bonds is 3. The Morgan fingerprint density at radius 3 is 2.65 bits per heavy atom. The zero-order valence-electron chi connectivity index (χ0n) is 12.4. The number of carbonyl (C=O) groups excluding carboxylic acids is 1. The monoisotopic (exact) mass is 303 g/mol. The predicted octanol–water partition coefficient (Wildman–Crippen LogP) is 3.12. The van der Waals surface area contributed by atoms with Crippen molar-refractivity contribution < 1.29 is 9.53 Å². The molecule has 0 saturated carbocycles. The number of carbonyl (C=O) groups is 1. The van der Waals surface area contributed by atoms with Gasteiger partial charge >= 0.3 is 0 Å². The van der Waals surface area contributed by atoms with Crippen LogP contribution in [0.3, 0.4) is 0 Å². The van der Waals surface area contributed by atoms with Crippen LogP contribution in [-0.4, -0.2) is 18.0 Å². The number of methoxy groups -OCH3 is 1. The van der Waals surface area contributed by atoms with E-state index in [2.05, 4.69) is 10.3 Å². The fourth-order valence-corrected chi connectivity index (χ4v) is 2.49. The van der Waals surface area contributed by atoms with Crippen LogP contribution in [0, 0.1) is 11.5 Å². The predicted molar refractivity (Wildman–Crippen MR) is 86.8 cm³/mol. The lowest BCUT2D eigenvalue weighted by atomic mass is 9.99. The maximum Gasteiger partial charge on any atom is 0.283 e. The van der Waals surface area contributed by atoms with E-state index in [4.69, 9.17) is 10.00 Å². The highest BCUT2D eigenvalue weighted by Crippen LogP contribution is 2.32. The Balaban J connectivity index is 2.29. The molecule has 5 heteroatoms. The van der Waals surface area contributed by atoms with Crippen molar-refractivity contribution in [2.45, 2.75) is 0 Å². The number of nitrogens with zero attached hydrogens (tertiary/aromatic N) is 2. The third-order valence-corrected chi connectivity index (χ3v) is 3.56. The van der Waals surface area contributed by atoms with E-state index in [0.717, 1.165) is 16.5 Å². The molecular weight excluding hydrogens is 290 g/mol. The highest BCUT2D eigenvalue weighted by Gasteiger charge is 2.15. The molecule has 0 unspecified atom stereocenters.